The summed E-state index contributed by atoms with van der Waals surface area (Å²) in [5.74, 6) is -1.24. The number of rotatable bonds is 0. The van der Waals surface area contributed by atoms with E-state index in [0.29, 0.717) is 0 Å². The monoisotopic (exact) mass is 322 g/mol. The maximum Gasteiger partial charge on any atom is 0.481 e. The van der Waals surface area contributed by atoms with Gasteiger partial charge >= 0.3 is 15.6 Å². The highest BCUT2D eigenvalue weighted by molar-refractivity contribution is 7.61. The van der Waals surface area contributed by atoms with Crippen LogP contribution in [0.1, 0.15) is 0 Å². The molecule has 1 fully saturated rings. The van der Waals surface area contributed by atoms with Gasteiger partial charge in [0, 0.05) is 0 Å². The van der Waals surface area contributed by atoms with Gasteiger partial charge in [0.05, 0.1) is 6.61 Å². The van der Waals surface area contributed by atoms with Crippen LogP contribution in [0.3, 0.4) is 0 Å². The number of ketones is 1. The second-order valence-corrected chi connectivity index (χ2v) is 6.60. The van der Waals surface area contributed by atoms with Gasteiger partial charge in [-0.25, -0.2) is 9.13 Å². The van der Waals surface area contributed by atoms with E-state index in [0.717, 1.165) is 0 Å². The molecule has 1 heterocycles. The summed E-state index contributed by atoms with van der Waals surface area (Å²) in [4.78, 5) is 29.3. The van der Waals surface area contributed by atoms with Crippen LogP contribution in [0.2, 0.25) is 0 Å². The van der Waals surface area contributed by atoms with E-state index in [1.54, 1.807) is 0 Å². The van der Waals surface area contributed by atoms with Crippen molar-refractivity contribution < 1.29 is 52.4 Å². The number of carbonyl (C=O) groups is 1. The van der Waals surface area contributed by atoms with Crippen molar-refractivity contribution in [2.24, 2.45) is 0 Å². The molecular weight excluding hydrogens is 310 g/mol. The van der Waals surface area contributed by atoms with E-state index in [9.17, 15) is 29.2 Å². The number of phosphoric acid groups is 2. The highest BCUT2D eigenvalue weighted by atomic mass is 31.3. The Morgan fingerprint density at radius 3 is 2.16 bits per heavy atom. The Balaban J connectivity index is 2.97. The summed E-state index contributed by atoms with van der Waals surface area (Å²) in [6.07, 6.45) is -6.07. The maximum absolute atomic E-state index is 11.2. The number of aliphatic hydroxyl groups is 3. The second kappa shape index (κ2) is 6.06. The first-order valence-electron chi connectivity index (χ1n) is 4.77. The van der Waals surface area contributed by atoms with Crippen LogP contribution in [0.25, 0.3) is 0 Å². The number of aliphatic hydroxyl groups excluding tert-OH is 3. The van der Waals surface area contributed by atoms with Crippen molar-refractivity contribution in [2.45, 2.75) is 18.3 Å². The first kappa shape index (κ1) is 16.9. The van der Waals surface area contributed by atoms with Gasteiger partial charge in [0.25, 0.3) is 0 Å². The Kier molecular flexibility index (Phi) is 5.38. The van der Waals surface area contributed by atoms with Crippen LogP contribution in [0.5, 0.6) is 0 Å². The van der Waals surface area contributed by atoms with E-state index < -0.39 is 53.0 Å². The standard InChI is InChI=1S/C6H12O11P2/c7-3-1-15-18(11,12)17-19(13,14)16-2-4(8)6(10)5(3)9/h3,5-7,9-10H,1-2H2,(H,11,12)(H,13,14)/t3?,5-,6-/m1/s1. The predicted octanol–water partition coefficient (Wildman–Crippen LogP) is -2.10. The Labute approximate surface area is 106 Å². The summed E-state index contributed by atoms with van der Waals surface area (Å²) >= 11 is 0. The molecule has 19 heavy (non-hydrogen) atoms. The molecule has 1 aliphatic rings. The Morgan fingerprint density at radius 1 is 1.05 bits per heavy atom. The average molecular weight is 322 g/mol. The Morgan fingerprint density at radius 2 is 1.58 bits per heavy atom. The second-order valence-electron chi connectivity index (χ2n) is 3.56. The molecule has 0 spiro atoms. The average Bonchev–Trinajstić information content (AvgIpc) is 2.29. The van der Waals surface area contributed by atoms with Gasteiger partial charge in [0.2, 0.25) is 0 Å². The van der Waals surface area contributed by atoms with Crippen molar-refractivity contribution in [1.29, 1.82) is 0 Å². The fourth-order valence-corrected chi connectivity index (χ4v) is 3.13. The zero-order chi connectivity index (χ0) is 14.8. The van der Waals surface area contributed by atoms with Gasteiger partial charge in [-0.3, -0.25) is 13.8 Å². The van der Waals surface area contributed by atoms with Gasteiger partial charge < -0.3 is 25.1 Å². The summed E-state index contributed by atoms with van der Waals surface area (Å²) in [6, 6.07) is 0. The van der Waals surface area contributed by atoms with E-state index in [1.165, 1.54) is 0 Å². The molecule has 13 heteroatoms. The maximum atomic E-state index is 11.2. The quantitative estimate of drug-likeness (QED) is 0.308. The number of phosphoric ester groups is 2. The lowest BCUT2D eigenvalue weighted by atomic mass is 10.1. The van der Waals surface area contributed by atoms with E-state index >= 15 is 0 Å². The molecule has 3 unspecified atom stereocenters. The van der Waals surface area contributed by atoms with Crippen molar-refractivity contribution >= 4 is 21.4 Å². The van der Waals surface area contributed by atoms with Crippen LogP contribution >= 0.6 is 15.6 Å². The summed E-state index contributed by atoms with van der Waals surface area (Å²) in [6.45, 7) is -2.21. The molecule has 0 bridgehead atoms. The fourth-order valence-electron chi connectivity index (χ4n) is 1.08. The smallest absolute Gasteiger partial charge is 0.388 e. The normalized spacial score (nSPS) is 46.6. The molecule has 0 aromatic rings. The number of carbonyl (C=O) groups excluding carboxylic acids is 1. The largest absolute Gasteiger partial charge is 0.481 e. The topological polar surface area (TPSA) is 180 Å². The molecule has 0 radical (unpaired) electrons. The first-order chi connectivity index (χ1) is 8.54. The van der Waals surface area contributed by atoms with Crippen molar-refractivity contribution in [3.05, 3.63) is 0 Å². The lowest BCUT2D eigenvalue weighted by Crippen LogP contribution is -2.45. The molecule has 1 rings (SSSR count). The Bertz CT molecular complexity index is 435. The van der Waals surface area contributed by atoms with Crippen LogP contribution in [0.15, 0.2) is 0 Å². The molecule has 11 nitrogen and oxygen atoms in total. The van der Waals surface area contributed by atoms with E-state index in [4.69, 9.17) is 9.79 Å². The lowest BCUT2D eigenvalue weighted by Gasteiger charge is -2.21. The summed E-state index contributed by atoms with van der Waals surface area (Å²) in [5.41, 5.74) is 0. The minimum Gasteiger partial charge on any atom is -0.388 e. The fraction of sp³-hybridized carbons (Fsp3) is 0.833. The van der Waals surface area contributed by atoms with Crippen LogP contribution < -0.4 is 0 Å². The van der Waals surface area contributed by atoms with Gasteiger partial charge in [0.15, 0.2) is 5.78 Å². The lowest BCUT2D eigenvalue weighted by molar-refractivity contribution is -0.141. The highest BCUT2D eigenvalue weighted by Crippen LogP contribution is 2.60. The van der Waals surface area contributed by atoms with Crippen molar-refractivity contribution in [3.63, 3.8) is 0 Å². The molecule has 1 saturated heterocycles. The molecule has 0 amide bonds. The van der Waals surface area contributed by atoms with Crippen LogP contribution in [-0.2, 0) is 27.3 Å². The van der Waals surface area contributed by atoms with Crippen molar-refractivity contribution in [3.8, 4) is 0 Å². The van der Waals surface area contributed by atoms with Crippen molar-refractivity contribution in [2.75, 3.05) is 13.2 Å². The molecular formula is C6H12O11P2. The van der Waals surface area contributed by atoms with Gasteiger partial charge in [-0.15, -0.1) is 0 Å². The van der Waals surface area contributed by atoms with E-state index in [2.05, 4.69) is 13.4 Å². The van der Waals surface area contributed by atoms with Gasteiger partial charge in [-0.1, -0.05) is 0 Å². The Hall–Kier alpha value is -0.190. The first-order valence-corrected chi connectivity index (χ1v) is 7.76. The van der Waals surface area contributed by atoms with E-state index in [1.807, 2.05) is 0 Å². The van der Waals surface area contributed by atoms with Gasteiger partial charge in [-0.05, 0) is 0 Å². The zero-order valence-electron chi connectivity index (χ0n) is 9.23. The number of hydrogen-bond acceptors (Lipinski definition) is 9. The molecule has 0 saturated carbocycles. The molecule has 5 N–H and O–H groups in total. The third-order valence-electron chi connectivity index (χ3n) is 2.03. The minimum absolute atomic E-state index is 1.03. The molecule has 0 aromatic heterocycles. The molecule has 1 aliphatic heterocycles. The van der Waals surface area contributed by atoms with Crippen LogP contribution in [-0.4, -0.2) is 62.4 Å². The number of hydrogen-bond donors (Lipinski definition) is 5. The van der Waals surface area contributed by atoms with Crippen molar-refractivity contribution in [1.82, 2.24) is 0 Å². The van der Waals surface area contributed by atoms with Gasteiger partial charge in [0.1, 0.15) is 24.9 Å². The third-order valence-corrected chi connectivity index (χ3v) is 4.61. The molecule has 112 valence electrons. The number of Topliss-reactive ketones (excluding diaryl/α,β-unsaturated/α-hetero) is 1. The van der Waals surface area contributed by atoms with Gasteiger partial charge in [-0.2, -0.15) is 4.31 Å². The predicted molar refractivity (Wildman–Crippen MR) is 55.7 cm³/mol. The summed E-state index contributed by atoms with van der Waals surface area (Å²) in [7, 11) is -10.1. The molecule has 5 atom stereocenters. The summed E-state index contributed by atoms with van der Waals surface area (Å²) < 4.78 is 34.2. The van der Waals surface area contributed by atoms with E-state index in [-0.39, 0.29) is 0 Å². The highest BCUT2D eigenvalue weighted by Gasteiger charge is 2.40. The molecule has 0 aromatic carbocycles. The minimum atomic E-state index is -5.08. The SMILES string of the molecule is O=C1COP(=O)(O)OP(=O)(O)OCC(O)[C@@H](O)[C@@H]1O. The third kappa shape index (κ3) is 5.01. The zero-order valence-corrected chi connectivity index (χ0v) is 11.0. The summed E-state index contributed by atoms with van der Waals surface area (Å²) in [5, 5.41) is 27.9. The molecule has 0 aliphatic carbocycles. The van der Waals surface area contributed by atoms with Crippen LogP contribution in [0, 0.1) is 0 Å². The van der Waals surface area contributed by atoms with Crippen LogP contribution in [0.4, 0.5) is 0 Å².